The van der Waals surface area contributed by atoms with Crippen LogP contribution in [0.4, 0.5) is 0 Å². The number of hydrogen-bond donors (Lipinski definition) is 1. The molecule has 0 saturated carbocycles. The first-order valence-electron chi connectivity index (χ1n) is 7.29. The number of nitrogens with zero attached hydrogens (tertiary/aromatic N) is 2. The van der Waals surface area contributed by atoms with Crippen LogP contribution in [-0.4, -0.2) is 29.5 Å². The topological polar surface area (TPSA) is 39.1 Å². The molecule has 2 heterocycles. The fourth-order valence-electron chi connectivity index (χ4n) is 2.56. The van der Waals surface area contributed by atoms with Crippen molar-refractivity contribution in [2.75, 3.05) is 19.8 Å². The van der Waals surface area contributed by atoms with Gasteiger partial charge in [0.25, 0.3) is 0 Å². The Morgan fingerprint density at radius 3 is 3.00 bits per heavy atom. The molecule has 1 N–H and O–H groups in total. The minimum absolute atomic E-state index is 0.660. The lowest BCUT2D eigenvalue weighted by molar-refractivity contribution is 0.0547. The molecular formula is C16H21N3O. The van der Waals surface area contributed by atoms with Gasteiger partial charge < -0.3 is 10.1 Å². The van der Waals surface area contributed by atoms with Crippen LogP contribution in [0.15, 0.2) is 42.7 Å². The van der Waals surface area contributed by atoms with E-state index >= 15 is 0 Å². The van der Waals surface area contributed by atoms with Crippen molar-refractivity contribution in [3.8, 4) is 5.69 Å². The first kappa shape index (κ1) is 13.3. The molecule has 1 unspecified atom stereocenters. The standard InChI is InChI=1S/C16H21N3O/c1-2-6-16(7-3-1)19-12-15(11-18-19)10-17-9-14-5-4-8-20-13-14/h1-3,6-7,11-12,14,17H,4-5,8-10,13H2. The van der Waals surface area contributed by atoms with E-state index in [2.05, 4.69) is 28.7 Å². The van der Waals surface area contributed by atoms with Gasteiger partial charge in [-0.05, 0) is 30.9 Å². The fraction of sp³-hybridized carbons (Fsp3) is 0.438. The zero-order chi connectivity index (χ0) is 13.6. The van der Waals surface area contributed by atoms with Gasteiger partial charge in [0, 0.05) is 31.5 Å². The van der Waals surface area contributed by atoms with E-state index in [-0.39, 0.29) is 0 Å². The van der Waals surface area contributed by atoms with Crippen molar-refractivity contribution in [3.05, 3.63) is 48.3 Å². The Morgan fingerprint density at radius 2 is 2.20 bits per heavy atom. The summed E-state index contributed by atoms with van der Waals surface area (Å²) in [6, 6.07) is 10.2. The van der Waals surface area contributed by atoms with Gasteiger partial charge >= 0.3 is 0 Å². The van der Waals surface area contributed by atoms with Gasteiger partial charge in [0.15, 0.2) is 0 Å². The van der Waals surface area contributed by atoms with Gasteiger partial charge in [-0.2, -0.15) is 5.10 Å². The highest BCUT2D eigenvalue weighted by Crippen LogP contribution is 2.12. The maximum Gasteiger partial charge on any atom is 0.0645 e. The summed E-state index contributed by atoms with van der Waals surface area (Å²) in [7, 11) is 0. The van der Waals surface area contributed by atoms with Crippen LogP contribution >= 0.6 is 0 Å². The average molecular weight is 271 g/mol. The minimum Gasteiger partial charge on any atom is -0.381 e. The molecule has 2 aromatic rings. The number of hydrogen-bond acceptors (Lipinski definition) is 3. The van der Waals surface area contributed by atoms with Gasteiger partial charge in [-0.15, -0.1) is 0 Å². The van der Waals surface area contributed by atoms with Gasteiger partial charge in [0.1, 0.15) is 0 Å². The molecule has 4 nitrogen and oxygen atoms in total. The summed E-state index contributed by atoms with van der Waals surface area (Å²) in [5.41, 5.74) is 2.31. The summed E-state index contributed by atoms with van der Waals surface area (Å²) < 4.78 is 7.41. The molecule has 3 rings (SSSR count). The van der Waals surface area contributed by atoms with Crippen molar-refractivity contribution in [1.29, 1.82) is 0 Å². The number of rotatable bonds is 5. The van der Waals surface area contributed by atoms with E-state index in [1.807, 2.05) is 29.1 Å². The first-order chi connectivity index (χ1) is 9.92. The first-order valence-corrected chi connectivity index (χ1v) is 7.29. The van der Waals surface area contributed by atoms with Crippen LogP contribution in [0.2, 0.25) is 0 Å². The maximum atomic E-state index is 5.49. The summed E-state index contributed by atoms with van der Waals surface area (Å²) in [4.78, 5) is 0. The largest absolute Gasteiger partial charge is 0.381 e. The van der Waals surface area contributed by atoms with Gasteiger partial charge in [0.2, 0.25) is 0 Å². The Morgan fingerprint density at radius 1 is 1.30 bits per heavy atom. The van der Waals surface area contributed by atoms with Crippen LogP contribution in [0, 0.1) is 5.92 Å². The lowest BCUT2D eigenvalue weighted by atomic mass is 10.0. The normalized spacial score (nSPS) is 19.1. The zero-order valence-electron chi connectivity index (χ0n) is 11.7. The zero-order valence-corrected chi connectivity index (χ0v) is 11.7. The van der Waals surface area contributed by atoms with Crippen molar-refractivity contribution >= 4 is 0 Å². The second-order valence-corrected chi connectivity index (χ2v) is 5.34. The van der Waals surface area contributed by atoms with Gasteiger partial charge in [0.05, 0.1) is 18.5 Å². The smallest absolute Gasteiger partial charge is 0.0645 e. The third-order valence-electron chi connectivity index (χ3n) is 3.67. The molecule has 1 atom stereocenters. The lowest BCUT2D eigenvalue weighted by Gasteiger charge is -2.22. The van der Waals surface area contributed by atoms with E-state index in [1.165, 1.54) is 18.4 Å². The maximum absolute atomic E-state index is 5.49. The highest BCUT2D eigenvalue weighted by Gasteiger charge is 2.13. The average Bonchev–Trinajstić information content (AvgIpc) is 2.98. The Balaban J connectivity index is 1.50. The Bertz CT molecular complexity index is 518. The molecule has 1 aromatic carbocycles. The molecule has 0 radical (unpaired) electrons. The van der Waals surface area contributed by atoms with Crippen LogP contribution in [0.5, 0.6) is 0 Å². The van der Waals surface area contributed by atoms with Crippen LogP contribution in [0.25, 0.3) is 5.69 Å². The molecule has 0 spiro atoms. The quantitative estimate of drug-likeness (QED) is 0.907. The Kier molecular flexibility index (Phi) is 4.46. The second-order valence-electron chi connectivity index (χ2n) is 5.34. The molecule has 1 aliphatic rings. The molecule has 0 aliphatic carbocycles. The third kappa shape index (κ3) is 3.46. The van der Waals surface area contributed by atoms with Crippen LogP contribution in [0.1, 0.15) is 18.4 Å². The van der Waals surface area contributed by atoms with Crippen molar-refractivity contribution in [2.24, 2.45) is 5.92 Å². The molecule has 0 bridgehead atoms. The summed E-state index contributed by atoms with van der Waals surface area (Å²) in [5.74, 6) is 0.660. The Labute approximate surface area is 119 Å². The van der Waals surface area contributed by atoms with E-state index in [1.54, 1.807) is 0 Å². The van der Waals surface area contributed by atoms with Crippen molar-refractivity contribution in [3.63, 3.8) is 0 Å². The molecule has 1 aromatic heterocycles. The molecule has 1 fully saturated rings. The van der Waals surface area contributed by atoms with E-state index in [0.29, 0.717) is 5.92 Å². The minimum atomic E-state index is 0.660. The Hall–Kier alpha value is -1.65. The second kappa shape index (κ2) is 6.68. The summed E-state index contributed by atoms with van der Waals surface area (Å²) in [6.07, 6.45) is 6.48. The SMILES string of the molecule is c1ccc(-n2cc(CNCC3CCCOC3)cn2)cc1. The number of ether oxygens (including phenoxy) is 1. The van der Waals surface area contributed by atoms with Crippen LogP contribution in [-0.2, 0) is 11.3 Å². The summed E-state index contributed by atoms with van der Waals surface area (Å²) in [5, 5.41) is 7.91. The molecular weight excluding hydrogens is 250 g/mol. The van der Waals surface area contributed by atoms with E-state index in [4.69, 9.17) is 4.74 Å². The molecule has 4 heteroatoms. The van der Waals surface area contributed by atoms with Crippen molar-refractivity contribution in [1.82, 2.24) is 15.1 Å². The molecule has 0 amide bonds. The summed E-state index contributed by atoms with van der Waals surface area (Å²) in [6.45, 7) is 3.72. The number of benzene rings is 1. The third-order valence-corrected chi connectivity index (χ3v) is 3.67. The predicted octanol–water partition coefficient (Wildman–Crippen LogP) is 2.39. The van der Waals surface area contributed by atoms with E-state index < -0.39 is 0 Å². The highest BCUT2D eigenvalue weighted by atomic mass is 16.5. The van der Waals surface area contributed by atoms with Gasteiger partial charge in [-0.1, -0.05) is 18.2 Å². The van der Waals surface area contributed by atoms with Crippen molar-refractivity contribution in [2.45, 2.75) is 19.4 Å². The number of para-hydroxylation sites is 1. The molecule has 106 valence electrons. The van der Waals surface area contributed by atoms with Crippen LogP contribution in [0.3, 0.4) is 0 Å². The molecule has 1 aliphatic heterocycles. The summed E-state index contributed by atoms with van der Waals surface area (Å²) >= 11 is 0. The highest BCUT2D eigenvalue weighted by molar-refractivity contribution is 5.30. The van der Waals surface area contributed by atoms with Gasteiger partial charge in [-0.25, -0.2) is 4.68 Å². The predicted molar refractivity (Wildman–Crippen MR) is 78.8 cm³/mol. The number of nitrogens with one attached hydrogen (secondary N) is 1. The van der Waals surface area contributed by atoms with Crippen LogP contribution < -0.4 is 5.32 Å². The van der Waals surface area contributed by atoms with Crippen molar-refractivity contribution < 1.29 is 4.74 Å². The fourth-order valence-corrected chi connectivity index (χ4v) is 2.56. The van der Waals surface area contributed by atoms with E-state index in [0.717, 1.165) is 32.0 Å². The van der Waals surface area contributed by atoms with Gasteiger partial charge in [-0.3, -0.25) is 0 Å². The lowest BCUT2D eigenvalue weighted by Crippen LogP contribution is -2.28. The molecule has 1 saturated heterocycles. The van der Waals surface area contributed by atoms with E-state index in [9.17, 15) is 0 Å². The number of aromatic nitrogens is 2. The molecule has 20 heavy (non-hydrogen) atoms. The monoisotopic (exact) mass is 271 g/mol.